The Morgan fingerprint density at radius 2 is 2.00 bits per heavy atom. The third-order valence-corrected chi connectivity index (χ3v) is 3.75. The largest absolute Gasteiger partial charge is 0.351 e. The fourth-order valence-electron chi connectivity index (χ4n) is 2.41. The van der Waals surface area contributed by atoms with Gasteiger partial charge in [0.15, 0.2) is 5.78 Å². The van der Waals surface area contributed by atoms with Gasteiger partial charge >= 0.3 is 0 Å². The molecule has 3 nitrogen and oxygen atoms in total. The van der Waals surface area contributed by atoms with Crippen LogP contribution >= 0.6 is 0 Å². The molecular weight excluding hydrogens is 200 g/mol. The van der Waals surface area contributed by atoms with Gasteiger partial charge in [-0.1, -0.05) is 0 Å². The van der Waals surface area contributed by atoms with Gasteiger partial charge in [-0.3, -0.25) is 4.79 Å². The molecule has 0 unspecified atom stereocenters. The Morgan fingerprint density at radius 1 is 1.38 bits per heavy atom. The van der Waals surface area contributed by atoms with Gasteiger partial charge in [-0.15, -0.1) is 0 Å². The number of ketones is 1. The van der Waals surface area contributed by atoms with Gasteiger partial charge in [0.2, 0.25) is 0 Å². The van der Waals surface area contributed by atoms with Crippen molar-refractivity contribution in [2.45, 2.75) is 26.7 Å². The van der Waals surface area contributed by atoms with Crippen LogP contribution in [-0.4, -0.2) is 23.4 Å². The summed E-state index contributed by atoms with van der Waals surface area (Å²) in [5.41, 5.74) is 3.18. The van der Waals surface area contributed by atoms with Crippen LogP contribution in [0.4, 0.5) is 0 Å². The Bertz CT molecular complexity index is 400. The molecule has 0 radical (unpaired) electrons. The molecule has 1 fully saturated rings. The van der Waals surface area contributed by atoms with Gasteiger partial charge in [-0.2, -0.15) is 0 Å². The summed E-state index contributed by atoms with van der Waals surface area (Å²) in [6, 6.07) is 2.03. The van der Waals surface area contributed by atoms with E-state index in [2.05, 4.69) is 9.88 Å². The zero-order chi connectivity index (χ0) is 11.7. The van der Waals surface area contributed by atoms with E-state index in [1.807, 2.05) is 27.0 Å². The third-order valence-electron chi connectivity index (χ3n) is 3.75. The quantitative estimate of drug-likeness (QED) is 0.771. The Labute approximate surface area is 96.8 Å². The Balaban J connectivity index is 2.22. The fraction of sp³-hybridized carbons (Fsp3) is 0.615. The van der Waals surface area contributed by atoms with Crippen molar-refractivity contribution >= 4 is 5.78 Å². The first-order chi connectivity index (χ1) is 7.61. The minimum atomic E-state index is 0.224. The molecule has 0 amide bonds. The lowest BCUT2D eigenvalue weighted by molar-refractivity contribution is 0.0894. The van der Waals surface area contributed by atoms with Crippen LogP contribution in [0.15, 0.2) is 6.07 Å². The molecule has 0 aliphatic carbocycles. The smallest absolute Gasteiger partial charge is 0.167 e. The number of Topliss-reactive ketones (excluding diaryl/α,β-unsaturated/α-hetero) is 1. The normalized spacial score (nSPS) is 17.7. The number of hydrogen-bond acceptors (Lipinski definition) is 2. The Kier molecular flexibility index (Phi) is 3.15. The first kappa shape index (κ1) is 11.4. The van der Waals surface area contributed by atoms with E-state index in [9.17, 15) is 4.79 Å². The maximum atomic E-state index is 12.3. The average molecular weight is 220 g/mol. The van der Waals surface area contributed by atoms with Crippen molar-refractivity contribution in [2.24, 2.45) is 13.0 Å². The van der Waals surface area contributed by atoms with Crippen molar-refractivity contribution < 1.29 is 4.79 Å². The average Bonchev–Trinajstić information content (AvgIpc) is 2.57. The molecule has 0 saturated carbocycles. The lowest BCUT2D eigenvalue weighted by Gasteiger charge is -2.21. The highest BCUT2D eigenvalue weighted by molar-refractivity contribution is 5.99. The second-order valence-corrected chi connectivity index (χ2v) is 4.73. The van der Waals surface area contributed by atoms with Gasteiger partial charge in [-0.25, -0.2) is 0 Å². The molecule has 88 valence electrons. The summed E-state index contributed by atoms with van der Waals surface area (Å²) in [6.45, 7) is 6.02. The molecule has 1 aliphatic rings. The third kappa shape index (κ3) is 1.92. The number of rotatable bonds is 2. The standard InChI is InChI=1S/C13H20N2O/c1-9-8-12(10(2)15(9)3)13(16)11-4-6-14-7-5-11/h8,11,14H,4-7H2,1-3H3. The maximum absolute atomic E-state index is 12.3. The van der Waals surface area contributed by atoms with E-state index in [-0.39, 0.29) is 5.92 Å². The van der Waals surface area contributed by atoms with Crippen LogP contribution < -0.4 is 5.32 Å². The zero-order valence-corrected chi connectivity index (χ0v) is 10.3. The number of aromatic nitrogens is 1. The molecule has 0 bridgehead atoms. The number of hydrogen-bond donors (Lipinski definition) is 1. The van der Waals surface area contributed by atoms with E-state index in [0.29, 0.717) is 5.78 Å². The second-order valence-electron chi connectivity index (χ2n) is 4.73. The molecule has 1 aromatic heterocycles. The summed E-state index contributed by atoms with van der Waals surface area (Å²) in [6.07, 6.45) is 1.96. The summed E-state index contributed by atoms with van der Waals surface area (Å²) >= 11 is 0. The summed E-state index contributed by atoms with van der Waals surface area (Å²) in [7, 11) is 2.02. The van der Waals surface area contributed by atoms with E-state index in [1.54, 1.807) is 0 Å². The number of carbonyl (C=O) groups is 1. The van der Waals surface area contributed by atoms with Crippen molar-refractivity contribution in [3.8, 4) is 0 Å². The Morgan fingerprint density at radius 3 is 2.50 bits per heavy atom. The van der Waals surface area contributed by atoms with Crippen molar-refractivity contribution in [3.05, 3.63) is 23.0 Å². The van der Waals surface area contributed by atoms with Gasteiger partial charge < -0.3 is 9.88 Å². The van der Waals surface area contributed by atoms with Crippen LogP contribution in [0.1, 0.15) is 34.6 Å². The molecule has 3 heteroatoms. The summed E-state index contributed by atoms with van der Waals surface area (Å²) in [5.74, 6) is 0.560. The van der Waals surface area contributed by atoms with Crippen LogP contribution in [-0.2, 0) is 7.05 Å². The molecule has 16 heavy (non-hydrogen) atoms. The SMILES string of the molecule is Cc1cc(C(=O)C2CCNCC2)c(C)n1C. The van der Waals surface area contributed by atoms with Crippen LogP contribution in [0.5, 0.6) is 0 Å². The van der Waals surface area contributed by atoms with Crippen LogP contribution in [0.25, 0.3) is 0 Å². The van der Waals surface area contributed by atoms with E-state index in [1.165, 1.54) is 0 Å². The van der Waals surface area contributed by atoms with Crippen molar-refractivity contribution in [2.75, 3.05) is 13.1 Å². The van der Waals surface area contributed by atoms with Gasteiger partial charge in [-0.05, 0) is 45.8 Å². The molecule has 2 rings (SSSR count). The highest BCUT2D eigenvalue weighted by Gasteiger charge is 2.24. The number of piperidine rings is 1. The predicted molar refractivity (Wildman–Crippen MR) is 64.8 cm³/mol. The van der Waals surface area contributed by atoms with E-state index in [4.69, 9.17) is 0 Å². The molecule has 1 aromatic rings. The van der Waals surface area contributed by atoms with Crippen molar-refractivity contribution in [3.63, 3.8) is 0 Å². The van der Waals surface area contributed by atoms with E-state index >= 15 is 0 Å². The number of aryl methyl sites for hydroxylation is 1. The first-order valence-electron chi connectivity index (χ1n) is 5.99. The highest BCUT2D eigenvalue weighted by Crippen LogP contribution is 2.22. The lowest BCUT2D eigenvalue weighted by Crippen LogP contribution is -2.32. The maximum Gasteiger partial charge on any atom is 0.167 e. The molecule has 1 N–H and O–H groups in total. The molecule has 1 aliphatic heterocycles. The topological polar surface area (TPSA) is 34.0 Å². The van der Waals surface area contributed by atoms with E-state index in [0.717, 1.165) is 42.9 Å². The van der Waals surface area contributed by atoms with Gasteiger partial charge in [0.1, 0.15) is 0 Å². The second kappa shape index (κ2) is 4.42. The molecule has 0 aromatic carbocycles. The van der Waals surface area contributed by atoms with Gasteiger partial charge in [0.05, 0.1) is 0 Å². The summed E-state index contributed by atoms with van der Waals surface area (Å²) < 4.78 is 2.09. The molecule has 0 atom stereocenters. The summed E-state index contributed by atoms with van der Waals surface area (Å²) in [5, 5.41) is 3.29. The van der Waals surface area contributed by atoms with Crippen LogP contribution in [0.3, 0.4) is 0 Å². The number of nitrogens with zero attached hydrogens (tertiary/aromatic N) is 1. The molecule has 2 heterocycles. The van der Waals surface area contributed by atoms with Gasteiger partial charge in [0, 0.05) is 29.9 Å². The zero-order valence-electron chi connectivity index (χ0n) is 10.3. The van der Waals surface area contributed by atoms with Crippen molar-refractivity contribution in [1.29, 1.82) is 0 Å². The number of nitrogens with one attached hydrogen (secondary N) is 1. The molecular formula is C13H20N2O. The molecule has 1 saturated heterocycles. The predicted octanol–water partition coefficient (Wildman–Crippen LogP) is 1.82. The highest BCUT2D eigenvalue weighted by atomic mass is 16.1. The molecule has 0 spiro atoms. The monoisotopic (exact) mass is 220 g/mol. The lowest BCUT2D eigenvalue weighted by atomic mass is 9.89. The number of carbonyl (C=O) groups excluding carboxylic acids is 1. The van der Waals surface area contributed by atoms with Crippen LogP contribution in [0, 0.1) is 19.8 Å². The minimum Gasteiger partial charge on any atom is -0.351 e. The Hall–Kier alpha value is -1.09. The fourth-order valence-corrected chi connectivity index (χ4v) is 2.41. The van der Waals surface area contributed by atoms with Crippen molar-refractivity contribution in [1.82, 2.24) is 9.88 Å². The summed E-state index contributed by atoms with van der Waals surface area (Å²) in [4.78, 5) is 12.3. The van der Waals surface area contributed by atoms with Gasteiger partial charge in [0.25, 0.3) is 0 Å². The first-order valence-corrected chi connectivity index (χ1v) is 5.99. The minimum absolute atomic E-state index is 0.224. The van der Waals surface area contributed by atoms with E-state index < -0.39 is 0 Å². The van der Waals surface area contributed by atoms with Crippen LogP contribution in [0.2, 0.25) is 0 Å².